The van der Waals surface area contributed by atoms with Crippen molar-refractivity contribution in [3.8, 4) is 0 Å². The summed E-state index contributed by atoms with van der Waals surface area (Å²) in [6, 6.07) is 14.8. The van der Waals surface area contributed by atoms with Crippen LogP contribution in [0.5, 0.6) is 0 Å². The normalized spacial score (nSPS) is 10.6. The van der Waals surface area contributed by atoms with Gasteiger partial charge in [-0.3, -0.25) is 9.59 Å². The number of hydrogen-bond acceptors (Lipinski definition) is 3. The van der Waals surface area contributed by atoms with E-state index in [-0.39, 0.29) is 17.7 Å². The lowest BCUT2D eigenvalue weighted by molar-refractivity contribution is -0.118. The molecule has 0 heterocycles. The van der Waals surface area contributed by atoms with Gasteiger partial charge in [-0.05, 0) is 42.3 Å². The zero-order valence-electron chi connectivity index (χ0n) is 15.5. The first-order chi connectivity index (χ1) is 12.5. The Labute approximate surface area is 154 Å². The summed E-state index contributed by atoms with van der Waals surface area (Å²) in [4.78, 5) is 24.1. The van der Waals surface area contributed by atoms with Gasteiger partial charge < -0.3 is 15.4 Å². The minimum atomic E-state index is -0.155. The van der Waals surface area contributed by atoms with Crippen LogP contribution in [-0.2, 0) is 22.7 Å². The number of carbonyl (C=O) groups excluding carboxylic acids is 2. The van der Waals surface area contributed by atoms with E-state index in [4.69, 9.17) is 4.74 Å². The molecular formula is C21H26N2O3. The van der Waals surface area contributed by atoms with E-state index in [1.54, 1.807) is 24.3 Å². The van der Waals surface area contributed by atoms with Gasteiger partial charge in [-0.1, -0.05) is 38.1 Å². The molecule has 2 aromatic carbocycles. The molecule has 0 radical (unpaired) electrons. The molecule has 0 atom stereocenters. The fourth-order valence-electron chi connectivity index (χ4n) is 2.35. The van der Waals surface area contributed by atoms with Crippen LogP contribution < -0.4 is 10.6 Å². The summed E-state index contributed by atoms with van der Waals surface area (Å²) in [6.45, 7) is 7.25. The van der Waals surface area contributed by atoms with E-state index in [1.165, 1.54) is 0 Å². The van der Waals surface area contributed by atoms with Crippen LogP contribution in [0.2, 0.25) is 0 Å². The molecule has 0 aromatic heterocycles. The van der Waals surface area contributed by atoms with Crippen LogP contribution in [0.3, 0.4) is 0 Å². The van der Waals surface area contributed by atoms with E-state index in [0.29, 0.717) is 31.0 Å². The summed E-state index contributed by atoms with van der Waals surface area (Å²) in [5.74, 6) is -0.291. The van der Waals surface area contributed by atoms with Crippen LogP contribution in [0, 0.1) is 5.92 Å². The van der Waals surface area contributed by atoms with Crippen LogP contribution in [0.4, 0.5) is 5.69 Å². The number of ether oxygens (including phenoxy) is 1. The van der Waals surface area contributed by atoms with Gasteiger partial charge in [-0.2, -0.15) is 0 Å². The summed E-state index contributed by atoms with van der Waals surface area (Å²) in [5, 5.41) is 5.74. The maximum absolute atomic E-state index is 12.4. The number of rotatable bonds is 8. The molecule has 0 aliphatic rings. The first-order valence-electron chi connectivity index (χ1n) is 8.85. The van der Waals surface area contributed by atoms with Crippen molar-refractivity contribution in [3.63, 3.8) is 0 Å². The number of amides is 2. The topological polar surface area (TPSA) is 67.4 Å². The second kappa shape index (κ2) is 9.73. The number of benzene rings is 2. The van der Waals surface area contributed by atoms with Crippen molar-refractivity contribution in [1.29, 1.82) is 0 Å². The van der Waals surface area contributed by atoms with Crippen molar-refractivity contribution in [1.82, 2.24) is 5.32 Å². The molecule has 2 aromatic rings. The quantitative estimate of drug-likeness (QED) is 0.759. The van der Waals surface area contributed by atoms with E-state index < -0.39 is 0 Å². The molecule has 0 aliphatic carbocycles. The van der Waals surface area contributed by atoms with Gasteiger partial charge in [-0.25, -0.2) is 0 Å². The highest BCUT2D eigenvalue weighted by Gasteiger charge is 2.10. The van der Waals surface area contributed by atoms with Crippen molar-refractivity contribution in [2.45, 2.75) is 33.9 Å². The molecule has 0 spiro atoms. The van der Waals surface area contributed by atoms with Crippen molar-refractivity contribution in [2.75, 3.05) is 11.9 Å². The molecular weight excluding hydrogens is 328 g/mol. The van der Waals surface area contributed by atoms with E-state index in [2.05, 4.69) is 10.6 Å². The average Bonchev–Trinajstić information content (AvgIpc) is 2.65. The summed E-state index contributed by atoms with van der Waals surface area (Å²) < 4.78 is 5.47. The monoisotopic (exact) mass is 354 g/mol. The standard InChI is InChI=1S/C21H26N2O3/c1-4-26-14-18-8-6-5-7-17(18)13-22-21(25)16-9-11-19(12-10-16)23-20(24)15(2)3/h5-12,15H,4,13-14H2,1-3H3,(H,22,25)(H,23,24). The summed E-state index contributed by atoms with van der Waals surface area (Å²) in [7, 11) is 0. The maximum atomic E-state index is 12.4. The van der Waals surface area contributed by atoms with Crippen LogP contribution >= 0.6 is 0 Å². The molecule has 2 N–H and O–H groups in total. The van der Waals surface area contributed by atoms with Crippen molar-refractivity contribution in [2.24, 2.45) is 5.92 Å². The molecule has 0 saturated carbocycles. The highest BCUT2D eigenvalue weighted by Crippen LogP contribution is 2.13. The lowest BCUT2D eigenvalue weighted by atomic mass is 10.1. The third kappa shape index (κ3) is 5.70. The Morgan fingerprint density at radius 3 is 2.27 bits per heavy atom. The van der Waals surface area contributed by atoms with E-state index in [0.717, 1.165) is 11.1 Å². The largest absolute Gasteiger partial charge is 0.377 e. The second-order valence-electron chi connectivity index (χ2n) is 6.31. The average molecular weight is 354 g/mol. The number of anilines is 1. The molecule has 138 valence electrons. The molecule has 0 bridgehead atoms. The Balaban J connectivity index is 1.95. The Kier molecular flexibility index (Phi) is 7.36. The zero-order valence-corrected chi connectivity index (χ0v) is 15.5. The maximum Gasteiger partial charge on any atom is 0.251 e. The fourth-order valence-corrected chi connectivity index (χ4v) is 2.35. The summed E-state index contributed by atoms with van der Waals surface area (Å²) in [5.41, 5.74) is 3.34. The van der Waals surface area contributed by atoms with Crippen molar-refractivity contribution in [3.05, 3.63) is 65.2 Å². The van der Waals surface area contributed by atoms with Crippen LogP contribution in [0.1, 0.15) is 42.3 Å². The third-order valence-electron chi connectivity index (χ3n) is 3.96. The molecule has 5 nitrogen and oxygen atoms in total. The fraction of sp³-hybridized carbons (Fsp3) is 0.333. The minimum absolute atomic E-state index is 0.0480. The highest BCUT2D eigenvalue weighted by atomic mass is 16.5. The number of hydrogen-bond donors (Lipinski definition) is 2. The molecule has 2 amide bonds. The Morgan fingerprint density at radius 2 is 1.65 bits per heavy atom. The van der Waals surface area contributed by atoms with Gasteiger partial charge >= 0.3 is 0 Å². The van der Waals surface area contributed by atoms with Gasteiger partial charge in [0.15, 0.2) is 0 Å². The van der Waals surface area contributed by atoms with Crippen LogP contribution in [0.25, 0.3) is 0 Å². The van der Waals surface area contributed by atoms with Gasteiger partial charge in [0.2, 0.25) is 5.91 Å². The van der Waals surface area contributed by atoms with E-state index in [1.807, 2.05) is 45.0 Å². The predicted octanol–water partition coefficient (Wildman–Crippen LogP) is 3.75. The highest BCUT2D eigenvalue weighted by molar-refractivity contribution is 5.96. The summed E-state index contributed by atoms with van der Waals surface area (Å²) >= 11 is 0. The van der Waals surface area contributed by atoms with Gasteiger partial charge in [0.1, 0.15) is 0 Å². The first kappa shape index (κ1) is 19.7. The number of carbonyl (C=O) groups is 2. The van der Waals surface area contributed by atoms with Gasteiger partial charge in [-0.15, -0.1) is 0 Å². The molecule has 0 saturated heterocycles. The second-order valence-corrected chi connectivity index (χ2v) is 6.31. The third-order valence-corrected chi connectivity index (χ3v) is 3.96. The Morgan fingerprint density at radius 1 is 1.00 bits per heavy atom. The SMILES string of the molecule is CCOCc1ccccc1CNC(=O)c1ccc(NC(=O)C(C)C)cc1. The summed E-state index contributed by atoms with van der Waals surface area (Å²) in [6.07, 6.45) is 0. The lowest BCUT2D eigenvalue weighted by Gasteiger charge is -2.11. The Hall–Kier alpha value is -2.66. The Bertz CT molecular complexity index is 739. The zero-order chi connectivity index (χ0) is 18.9. The molecule has 2 rings (SSSR count). The van der Waals surface area contributed by atoms with Crippen LogP contribution in [-0.4, -0.2) is 18.4 Å². The minimum Gasteiger partial charge on any atom is -0.377 e. The van der Waals surface area contributed by atoms with Gasteiger partial charge in [0.25, 0.3) is 5.91 Å². The van der Waals surface area contributed by atoms with Crippen LogP contribution in [0.15, 0.2) is 48.5 Å². The first-order valence-corrected chi connectivity index (χ1v) is 8.85. The van der Waals surface area contributed by atoms with Crippen molar-refractivity contribution < 1.29 is 14.3 Å². The van der Waals surface area contributed by atoms with Gasteiger partial charge in [0.05, 0.1) is 6.61 Å². The van der Waals surface area contributed by atoms with Gasteiger partial charge in [0, 0.05) is 30.3 Å². The molecule has 0 unspecified atom stereocenters. The molecule has 0 aliphatic heterocycles. The molecule has 5 heteroatoms. The lowest BCUT2D eigenvalue weighted by Crippen LogP contribution is -2.23. The molecule has 26 heavy (non-hydrogen) atoms. The molecule has 0 fully saturated rings. The van der Waals surface area contributed by atoms with Crippen molar-refractivity contribution >= 4 is 17.5 Å². The number of nitrogens with one attached hydrogen (secondary N) is 2. The van der Waals surface area contributed by atoms with E-state index >= 15 is 0 Å². The smallest absolute Gasteiger partial charge is 0.251 e. The predicted molar refractivity (Wildman–Crippen MR) is 103 cm³/mol. The van der Waals surface area contributed by atoms with E-state index in [9.17, 15) is 9.59 Å².